The van der Waals surface area contributed by atoms with Gasteiger partial charge in [0.15, 0.2) is 0 Å². The number of benzene rings is 1. The minimum atomic E-state index is -0.437. The lowest BCUT2D eigenvalue weighted by molar-refractivity contribution is 0.0527. The van der Waals surface area contributed by atoms with E-state index in [9.17, 15) is 4.79 Å². The van der Waals surface area contributed by atoms with E-state index >= 15 is 0 Å². The number of alkyl carbamates (subject to hydrolysis) is 1. The van der Waals surface area contributed by atoms with Gasteiger partial charge in [-0.3, -0.25) is 0 Å². The number of carbonyl (C=O) groups is 1. The van der Waals surface area contributed by atoms with E-state index in [0.717, 1.165) is 25.0 Å². The third-order valence-electron chi connectivity index (χ3n) is 2.72. The first-order valence-electron chi connectivity index (χ1n) is 7.00. The van der Waals surface area contributed by atoms with Gasteiger partial charge in [-0.15, -0.1) is 0 Å². The molecule has 0 spiro atoms. The molecule has 1 aromatic carbocycles. The minimum Gasteiger partial charge on any atom is -0.497 e. The predicted octanol–water partition coefficient (Wildman–Crippen LogP) is 3.54. The molecule has 0 aliphatic heterocycles. The molecule has 0 aliphatic carbocycles. The Balaban J connectivity index is 2.14. The fourth-order valence-electron chi connectivity index (χ4n) is 1.75. The molecule has 0 heterocycles. The standard InChI is InChI=1S/C16H25NO3/c1-16(2,3)20-15(18)17-12-6-5-7-13-8-10-14(19-4)11-9-13/h8-11H,5-7,12H2,1-4H3,(H,17,18). The first-order valence-corrected chi connectivity index (χ1v) is 7.00. The summed E-state index contributed by atoms with van der Waals surface area (Å²) in [6.07, 6.45) is 2.62. The molecule has 4 heteroatoms. The second-order valence-electron chi connectivity index (χ2n) is 5.73. The lowest BCUT2D eigenvalue weighted by Gasteiger charge is -2.19. The number of nitrogens with one attached hydrogen (secondary N) is 1. The van der Waals surface area contributed by atoms with Crippen LogP contribution in [0.25, 0.3) is 0 Å². The smallest absolute Gasteiger partial charge is 0.407 e. The van der Waals surface area contributed by atoms with Gasteiger partial charge in [-0.25, -0.2) is 4.79 Å². The molecule has 1 rings (SSSR count). The first kappa shape index (κ1) is 16.3. The quantitative estimate of drug-likeness (QED) is 0.810. The summed E-state index contributed by atoms with van der Waals surface area (Å²) in [5.41, 5.74) is 0.843. The van der Waals surface area contributed by atoms with Crippen LogP contribution >= 0.6 is 0 Å². The summed E-state index contributed by atoms with van der Waals surface area (Å²) in [5.74, 6) is 0.875. The Morgan fingerprint density at radius 3 is 2.35 bits per heavy atom. The van der Waals surface area contributed by atoms with E-state index in [-0.39, 0.29) is 6.09 Å². The predicted molar refractivity (Wildman–Crippen MR) is 80.2 cm³/mol. The molecule has 0 bridgehead atoms. The highest BCUT2D eigenvalue weighted by Crippen LogP contribution is 2.13. The van der Waals surface area contributed by atoms with Crippen molar-refractivity contribution in [1.82, 2.24) is 5.32 Å². The van der Waals surface area contributed by atoms with Crippen molar-refractivity contribution in [3.63, 3.8) is 0 Å². The summed E-state index contributed by atoms with van der Waals surface area (Å²) < 4.78 is 10.3. The number of amides is 1. The first-order chi connectivity index (χ1) is 9.40. The maximum Gasteiger partial charge on any atom is 0.407 e. The number of aryl methyl sites for hydroxylation is 1. The van der Waals surface area contributed by atoms with Crippen molar-refractivity contribution in [2.24, 2.45) is 0 Å². The number of hydrogen-bond acceptors (Lipinski definition) is 3. The van der Waals surface area contributed by atoms with Crippen LogP contribution in [0.3, 0.4) is 0 Å². The molecule has 1 N–H and O–H groups in total. The van der Waals surface area contributed by atoms with Gasteiger partial charge in [0.1, 0.15) is 11.4 Å². The number of hydrogen-bond donors (Lipinski definition) is 1. The Kier molecular flexibility index (Phi) is 6.36. The van der Waals surface area contributed by atoms with Gasteiger partial charge in [0, 0.05) is 6.54 Å². The molecule has 0 saturated heterocycles. The SMILES string of the molecule is COc1ccc(CCCCNC(=O)OC(C)(C)C)cc1. The second-order valence-corrected chi connectivity index (χ2v) is 5.73. The van der Waals surface area contributed by atoms with Crippen LogP contribution in [-0.4, -0.2) is 25.3 Å². The summed E-state index contributed by atoms with van der Waals surface area (Å²) in [6, 6.07) is 8.07. The van der Waals surface area contributed by atoms with Crippen molar-refractivity contribution in [2.75, 3.05) is 13.7 Å². The lowest BCUT2D eigenvalue weighted by Crippen LogP contribution is -2.33. The molecule has 1 aromatic rings. The second kappa shape index (κ2) is 7.78. The molecule has 1 amide bonds. The van der Waals surface area contributed by atoms with Gasteiger partial charge in [-0.2, -0.15) is 0 Å². The zero-order valence-electron chi connectivity index (χ0n) is 12.9. The monoisotopic (exact) mass is 279 g/mol. The van der Waals surface area contributed by atoms with Crippen LogP contribution in [0.5, 0.6) is 5.75 Å². The van der Waals surface area contributed by atoms with Crippen LogP contribution in [0.2, 0.25) is 0 Å². The number of methoxy groups -OCH3 is 1. The number of ether oxygens (including phenoxy) is 2. The summed E-state index contributed by atoms with van der Waals surface area (Å²) >= 11 is 0. The summed E-state index contributed by atoms with van der Waals surface area (Å²) in [4.78, 5) is 11.4. The molecule has 0 unspecified atom stereocenters. The molecular weight excluding hydrogens is 254 g/mol. The Morgan fingerprint density at radius 1 is 1.15 bits per heavy atom. The number of rotatable bonds is 6. The molecule has 112 valence electrons. The van der Waals surface area contributed by atoms with Crippen molar-refractivity contribution < 1.29 is 14.3 Å². The van der Waals surface area contributed by atoms with E-state index in [1.54, 1.807) is 7.11 Å². The molecule has 4 nitrogen and oxygen atoms in total. The van der Waals surface area contributed by atoms with E-state index in [4.69, 9.17) is 9.47 Å². The third-order valence-corrected chi connectivity index (χ3v) is 2.72. The Morgan fingerprint density at radius 2 is 1.80 bits per heavy atom. The summed E-state index contributed by atoms with van der Waals surface area (Å²) in [6.45, 7) is 6.22. The van der Waals surface area contributed by atoms with Crippen molar-refractivity contribution in [3.05, 3.63) is 29.8 Å². The Hall–Kier alpha value is -1.71. The highest BCUT2D eigenvalue weighted by atomic mass is 16.6. The van der Waals surface area contributed by atoms with Crippen LogP contribution in [0.15, 0.2) is 24.3 Å². The van der Waals surface area contributed by atoms with Gasteiger partial charge >= 0.3 is 6.09 Å². The van der Waals surface area contributed by atoms with E-state index < -0.39 is 5.60 Å². The summed E-state index contributed by atoms with van der Waals surface area (Å²) in [5, 5.41) is 2.76. The van der Waals surface area contributed by atoms with Gasteiger partial charge in [-0.05, 0) is 57.7 Å². The molecule has 0 atom stereocenters. The number of unbranched alkanes of at least 4 members (excludes halogenated alkanes) is 1. The molecule has 0 fully saturated rings. The Bertz CT molecular complexity index is 407. The fourth-order valence-corrected chi connectivity index (χ4v) is 1.75. The maximum absolute atomic E-state index is 11.4. The van der Waals surface area contributed by atoms with E-state index in [2.05, 4.69) is 17.4 Å². The van der Waals surface area contributed by atoms with Crippen LogP contribution in [-0.2, 0) is 11.2 Å². The average molecular weight is 279 g/mol. The zero-order chi connectivity index (χ0) is 15.0. The van der Waals surface area contributed by atoms with Gasteiger partial charge in [0.05, 0.1) is 7.11 Å². The molecular formula is C16H25NO3. The Labute approximate surface area is 121 Å². The van der Waals surface area contributed by atoms with Crippen LogP contribution in [0.4, 0.5) is 4.79 Å². The summed E-state index contributed by atoms with van der Waals surface area (Å²) in [7, 11) is 1.66. The van der Waals surface area contributed by atoms with Crippen molar-refractivity contribution >= 4 is 6.09 Å². The highest BCUT2D eigenvalue weighted by molar-refractivity contribution is 5.67. The zero-order valence-corrected chi connectivity index (χ0v) is 12.9. The number of carbonyl (C=O) groups excluding carboxylic acids is 1. The van der Waals surface area contributed by atoms with Crippen LogP contribution in [0.1, 0.15) is 39.2 Å². The van der Waals surface area contributed by atoms with Crippen molar-refractivity contribution in [1.29, 1.82) is 0 Å². The van der Waals surface area contributed by atoms with Crippen molar-refractivity contribution in [2.45, 2.75) is 45.6 Å². The molecule has 0 aliphatic rings. The van der Waals surface area contributed by atoms with Gasteiger partial charge in [0.2, 0.25) is 0 Å². The molecule has 0 saturated carbocycles. The van der Waals surface area contributed by atoms with Gasteiger partial charge < -0.3 is 14.8 Å². The van der Waals surface area contributed by atoms with Gasteiger partial charge in [-0.1, -0.05) is 12.1 Å². The molecule has 20 heavy (non-hydrogen) atoms. The largest absolute Gasteiger partial charge is 0.497 e. The van der Waals surface area contributed by atoms with E-state index in [1.807, 2.05) is 32.9 Å². The van der Waals surface area contributed by atoms with Crippen LogP contribution < -0.4 is 10.1 Å². The van der Waals surface area contributed by atoms with E-state index in [0.29, 0.717) is 6.54 Å². The minimum absolute atomic E-state index is 0.345. The highest BCUT2D eigenvalue weighted by Gasteiger charge is 2.15. The lowest BCUT2D eigenvalue weighted by atomic mass is 10.1. The topological polar surface area (TPSA) is 47.6 Å². The normalized spacial score (nSPS) is 11.0. The molecule has 0 radical (unpaired) electrons. The van der Waals surface area contributed by atoms with Gasteiger partial charge in [0.25, 0.3) is 0 Å². The fraction of sp³-hybridized carbons (Fsp3) is 0.562. The van der Waals surface area contributed by atoms with E-state index in [1.165, 1.54) is 5.56 Å². The average Bonchev–Trinajstić information content (AvgIpc) is 2.37. The maximum atomic E-state index is 11.4. The van der Waals surface area contributed by atoms with Crippen LogP contribution in [0, 0.1) is 0 Å². The molecule has 0 aromatic heterocycles. The third kappa shape index (κ3) is 7.02. The van der Waals surface area contributed by atoms with Crippen molar-refractivity contribution in [3.8, 4) is 5.75 Å².